The standard InChI is InChI=1S/C12H26N4/c1-14-7-8-15(2)12(9-14)10-16-5-3-11(13)4-6-16/h11-12H,3-10,13H2,1-2H3. The van der Waals surface area contributed by atoms with Crippen LogP contribution < -0.4 is 5.73 Å². The molecule has 0 bridgehead atoms. The molecular formula is C12H26N4. The van der Waals surface area contributed by atoms with Crippen LogP contribution in [0.4, 0.5) is 0 Å². The number of likely N-dealkylation sites (tertiary alicyclic amines) is 1. The van der Waals surface area contributed by atoms with E-state index in [0.29, 0.717) is 12.1 Å². The first-order chi connectivity index (χ1) is 7.65. The van der Waals surface area contributed by atoms with E-state index in [1.54, 1.807) is 0 Å². The van der Waals surface area contributed by atoms with E-state index in [2.05, 4.69) is 28.8 Å². The summed E-state index contributed by atoms with van der Waals surface area (Å²) < 4.78 is 0. The molecule has 4 heteroatoms. The van der Waals surface area contributed by atoms with Gasteiger partial charge in [0.1, 0.15) is 0 Å². The SMILES string of the molecule is CN1CCN(C)C(CN2CCC(N)CC2)C1. The molecule has 16 heavy (non-hydrogen) atoms. The fourth-order valence-corrected chi connectivity index (χ4v) is 2.73. The van der Waals surface area contributed by atoms with Crippen LogP contribution in [0.2, 0.25) is 0 Å². The second-order valence-electron chi connectivity index (χ2n) is 5.53. The maximum Gasteiger partial charge on any atom is 0.0347 e. The van der Waals surface area contributed by atoms with E-state index in [-0.39, 0.29) is 0 Å². The smallest absolute Gasteiger partial charge is 0.0347 e. The van der Waals surface area contributed by atoms with E-state index >= 15 is 0 Å². The van der Waals surface area contributed by atoms with Crippen molar-refractivity contribution in [2.75, 3.05) is 53.4 Å². The highest BCUT2D eigenvalue weighted by molar-refractivity contribution is 4.83. The van der Waals surface area contributed by atoms with Crippen LogP contribution in [0.5, 0.6) is 0 Å². The minimum absolute atomic E-state index is 0.447. The Bertz CT molecular complexity index is 213. The van der Waals surface area contributed by atoms with Crippen molar-refractivity contribution in [3.63, 3.8) is 0 Å². The predicted octanol–water partition coefficient (Wildman–Crippen LogP) is -0.345. The topological polar surface area (TPSA) is 35.7 Å². The molecule has 4 nitrogen and oxygen atoms in total. The summed E-state index contributed by atoms with van der Waals surface area (Å²) in [4.78, 5) is 7.54. The van der Waals surface area contributed by atoms with Crippen LogP contribution in [-0.4, -0.2) is 80.1 Å². The summed E-state index contributed by atoms with van der Waals surface area (Å²) in [7, 11) is 4.49. The van der Waals surface area contributed by atoms with Gasteiger partial charge in [0, 0.05) is 38.3 Å². The van der Waals surface area contributed by atoms with Gasteiger partial charge in [0.25, 0.3) is 0 Å². The zero-order valence-electron chi connectivity index (χ0n) is 10.7. The zero-order chi connectivity index (χ0) is 11.5. The molecule has 2 rings (SSSR count). The lowest BCUT2D eigenvalue weighted by molar-refractivity contribution is 0.0742. The fraction of sp³-hybridized carbons (Fsp3) is 1.00. The first-order valence-electron chi connectivity index (χ1n) is 6.52. The Morgan fingerprint density at radius 1 is 1.06 bits per heavy atom. The van der Waals surface area contributed by atoms with Crippen molar-refractivity contribution in [1.82, 2.24) is 14.7 Å². The van der Waals surface area contributed by atoms with Crippen LogP contribution >= 0.6 is 0 Å². The number of piperidine rings is 1. The molecule has 0 aromatic rings. The molecule has 2 fully saturated rings. The Hall–Kier alpha value is -0.160. The third-order valence-corrected chi connectivity index (χ3v) is 4.08. The van der Waals surface area contributed by atoms with Crippen LogP contribution in [0.1, 0.15) is 12.8 Å². The molecule has 0 aromatic carbocycles. The monoisotopic (exact) mass is 226 g/mol. The number of hydrogen-bond donors (Lipinski definition) is 1. The first-order valence-corrected chi connectivity index (χ1v) is 6.52. The lowest BCUT2D eigenvalue weighted by Crippen LogP contribution is -2.55. The second-order valence-corrected chi connectivity index (χ2v) is 5.53. The third-order valence-electron chi connectivity index (χ3n) is 4.08. The maximum atomic E-state index is 5.93. The summed E-state index contributed by atoms with van der Waals surface area (Å²) in [5.41, 5.74) is 5.93. The van der Waals surface area contributed by atoms with Crippen molar-refractivity contribution in [2.45, 2.75) is 24.9 Å². The van der Waals surface area contributed by atoms with Gasteiger partial charge in [0.2, 0.25) is 0 Å². The summed E-state index contributed by atoms with van der Waals surface area (Å²) in [6, 6.07) is 1.15. The Labute approximate surface area is 99.4 Å². The second kappa shape index (κ2) is 5.45. The molecule has 0 amide bonds. The van der Waals surface area contributed by atoms with Gasteiger partial charge in [-0.05, 0) is 40.0 Å². The van der Waals surface area contributed by atoms with Gasteiger partial charge >= 0.3 is 0 Å². The van der Waals surface area contributed by atoms with Gasteiger partial charge in [-0.15, -0.1) is 0 Å². The number of likely N-dealkylation sites (N-methyl/N-ethyl adjacent to an activating group) is 2. The van der Waals surface area contributed by atoms with Crippen molar-refractivity contribution < 1.29 is 0 Å². The number of hydrogen-bond acceptors (Lipinski definition) is 4. The number of piperazine rings is 1. The largest absolute Gasteiger partial charge is 0.328 e. The molecule has 1 unspecified atom stereocenters. The number of rotatable bonds is 2. The van der Waals surface area contributed by atoms with Crippen molar-refractivity contribution >= 4 is 0 Å². The summed E-state index contributed by atoms with van der Waals surface area (Å²) in [6.07, 6.45) is 2.35. The normalized spacial score (nSPS) is 32.1. The van der Waals surface area contributed by atoms with E-state index in [1.165, 1.54) is 52.1 Å². The van der Waals surface area contributed by atoms with Gasteiger partial charge in [-0.25, -0.2) is 0 Å². The molecule has 0 radical (unpaired) electrons. The van der Waals surface area contributed by atoms with Crippen LogP contribution in [0.15, 0.2) is 0 Å². The average Bonchev–Trinajstić information content (AvgIpc) is 2.27. The summed E-state index contributed by atoms with van der Waals surface area (Å²) in [6.45, 7) is 7.21. The first kappa shape index (κ1) is 12.3. The quantitative estimate of drug-likeness (QED) is 0.698. The van der Waals surface area contributed by atoms with Crippen molar-refractivity contribution in [3.05, 3.63) is 0 Å². The van der Waals surface area contributed by atoms with Crippen molar-refractivity contribution in [2.24, 2.45) is 5.73 Å². The van der Waals surface area contributed by atoms with Crippen LogP contribution in [0.3, 0.4) is 0 Å². The Morgan fingerprint density at radius 2 is 1.75 bits per heavy atom. The summed E-state index contributed by atoms with van der Waals surface area (Å²) >= 11 is 0. The van der Waals surface area contributed by atoms with E-state index in [4.69, 9.17) is 5.73 Å². The fourth-order valence-electron chi connectivity index (χ4n) is 2.73. The van der Waals surface area contributed by atoms with Crippen molar-refractivity contribution in [1.29, 1.82) is 0 Å². The molecule has 0 aliphatic carbocycles. The summed E-state index contributed by atoms with van der Waals surface area (Å²) in [5.74, 6) is 0. The average molecular weight is 226 g/mol. The highest BCUT2D eigenvalue weighted by Crippen LogP contribution is 2.12. The maximum absolute atomic E-state index is 5.93. The zero-order valence-corrected chi connectivity index (χ0v) is 10.7. The van der Waals surface area contributed by atoms with Gasteiger partial charge in [-0.3, -0.25) is 4.90 Å². The van der Waals surface area contributed by atoms with E-state index < -0.39 is 0 Å². The molecule has 0 saturated carbocycles. The van der Waals surface area contributed by atoms with E-state index in [9.17, 15) is 0 Å². The molecular weight excluding hydrogens is 200 g/mol. The van der Waals surface area contributed by atoms with Crippen LogP contribution in [0, 0.1) is 0 Å². The molecule has 2 N–H and O–H groups in total. The molecule has 2 aliphatic heterocycles. The molecule has 1 atom stereocenters. The van der Waals surface area contributed by atoms with Gasteiger partial charge in [0.05, 0.1) is 0 Å². The minimum atomic E-state index is 0.447. The van der Waals surface area contributed by atoms with Crippen LogP contribution in [-0.2, 0) is 0 Å². The third kappa shape index (κ3) is 3.17. The molecule has 2 saturated heterocycles. The lowest BCUT2D eigenvalue weighted by atomic mass is 10.0. The van der Waals surface area contributed by atoms with Gasteiger partial charge < -0.3 is 15.5 Å². The van der Waals surface area contributed by atoms with Gasteiger partial charge in [0.15, 0.2) is 0 Å². The van der Waals surface area contributed by atoms with Crippen LogP contribution in [0.25, 0.3) is 0 Å². The molecule has 2 aliphatic rings. The molecule has 94 valence electrons. The molecule has 2 heterocycles. The number of nitrogens with two attached hydrogens (primary N) is 1. The Morgan fingerprint density at radius 3 is 2.44 bits per heavy atom. The number of nitrogens with zero attached hydrogens (tertiary/aromatic N) is 3. The van der Waals surface area contributed by atoms with Gasteiger partial charge in [-0.2, -0.15) is 0 Å². The molecule has 0 spiro atoms. The lowest BCUT2D eigenvalue weighted by Gasteiger charge is -2.41. The highest BCUT2D eigenvalue weighted by Gasteiger charge is 2.25. The highest BCUT2D eigenvalue weighted by atomic mass is 15.3. The Balaban J connectivity index is 1.79. The molecule has 0 aromatic heterocycles. The predicted molar refractivity (Wildman–Crippen MR) is 67.6 cm³/mol. The Kier molecular flexibility index (Phi) is 4.19. The van der Waals surface area contributed by atoms with Crippen molar-refractivity contribution in [3.8, 4) is 0 Å². The van der Waals surface area contributed by atoms with E-state index in [0.717, 1.165) is 0 Å². The van der Waals surface area contributed by atoms with E-state index in [1.807, 2.05) is 0 Å². The summed E-state index contributed by atoms with van der Waals surface area (Å²) in [5, 5.41) is 0. The minimum Gasteiger partial charge on any atom is -0.328 e. The van der Waals surface area contributed by atoms with Gasteiger partial charge in [-0.1, -0.05) is 0 Å².